The molecule has 1 aliphatic heterocycles. The molecule has 1 aromatic heterocycles. The first-order valence-corrected chi connectivity index (χ1v) is 9.87. The summed E-state index contributed by atoms with van der Waals surface area (Å²) in [6.45, 7) is 7.18. The summed E-state index contributed by atoms with van der Waals surface area (Å²) in [5.74, 6) is 0.563. The third-order valence-electron chi connectivity index (χ3n) is 4.92. The zero-order chi connectivity index (χ0) is 17.8. The number of amides is 1. The lowest BCUT2D eigenvalue weighted by Crippen LogP contribution is -2.44. The van der Waals surface area contributed by atoms with E-state index in [1.807, 2.05) is 11.0 Å². The first kappa shape index (κ1) is 17.9. The van der Waals surface area contributed by atoms with Gasteiger partial charge in [-0.1, -0.05) is 24.8 Å². The van der Waals surface area contributed by atoms with E-state index in [1.54, 1.807) is 4.68 Å². The van der Waals surface area contributed by atoms with Crippen molar-refractivity contribution in [3.8, 4) is 5.69 Å². The molecule has 0 radical (unpaired) electrons. The number of rotatable bonds is 5. The molecule has 0 N–H and O–H groups in total. The predicted octanol–water partition coefficient (Wildman–Crippen LogP) is 3.16. The van der Waals surface area contributed by atoms with Gasteiger partial charge in [0, 0.05) is 12.6 Å². The minimum Gasteiger partial charge on any atom is -0.339 e. The second kappa shape index (κ2) is 7.99. The van der Waals surface area contributed by atoms with Crippen molar-refractivity contribution >= 4 is 17.7 Å². The van der Waals surface area contributed by atoms with Crippen molar-refractivity contribution in [2.75, 3.05) is 12.3 Å². The monoisotopic (exact) mass is 359 g/mol. The first-order chi connectivity index (χ1) is 12.1. The Labute approximate surface area is 153 Å². The van der Waals surface area contributed by atoms with E-state index < -0.39 is 0 Å². The van der Waals surface area contributed by atoms with E-state index >= 15 is 0 Å². The number of aromatic nitrogens is 4. The Bertz CT molecular complexity index is 745. The maximum atomic E-state index is 12.6. The van der Waals surface area contributed by atoms with Crippen LogP contribution in [0.4, 0.5) is 0 Å². The molecule has 1 fully saturated rings. The average Bonchev–Trinajstić information content (AvgIpc) is 3.10. The molecule has 0 saturated carbocycles. The van der Waals surface area contributed by atoms with Crippen molar-refractivity contribution in [3.05, 3.63) is 29.3 Å². The summed E-state index contributed by atoms with van der Waals surface area (Å²) < 4.78 is 1.71. The standard InChI is InChI=1S/C18H25N5OS/c1-4-15-7-5-6-10-22(15)17(24)12-25-18-19-20-21-23(18)16-9-8-13(2)14(3)11-16/h8-9,11,15H,4-7,10,12H2,1-3H3. The van der Waals surface area contributed by atoms with Crippen LogP contribution in [0, 0.1) is 13.8 Å². The van der Waals surface area contributed by atoms with Gasteiger partial charge in [-0.2, -0.15) is 4.68 Å². The summed E-state index contributed by atoms with van der Waals surface area (Å²) in [7, 11) is 0. The van der Waals surface area contributed by atoms with E-state index in [1.165, 1.54) is 29.3 Å². The topological polar surface area (TPSA) is 63.9 Å². The molecule has 0 aliphatic carbocycles. The maximum absolute atomic E-state index is 12.6. The van der Waals surface area contributed by atoms with Gasteiger partial charge in [0.15, 0.2) is 0 Å². The Morgan fingerprint density at radius 3 is 2.88 bits per heavy atom. The summed E-state index contributed by atoms with van der Waals surface area (Å²) in [6.07, 6.45) is 4.47. The molecule has 1 unspecified atom stereocenters. The van der Waals surface area contributed by atoms with E-state index in [2.05, 4.69) is 48.4 Å². The summed E-state index contributed by atoms with van der Waals surface area (Å²) in [5, 5.41) is 12.6. The molecule has 1 aromatic carbocycles. The lowest BCUT2D eigenvalue weighted by Gasteiger charge is -2.35. The van der Waals surface area contributed by atoms with Crippen LogP contribution in [0.25, 0.3) is 5.69 Å². The second-order valence-electron chi connectivity index (χ2n) is 6.58. The molecule has 0 spiro atoms. The van der Waals surface area contributed by atoms with Gasteiger partial charge in [0.25, 0.3) is 0 Å². The molecule has 1 saturated heterocycles. The third kappa shape index (κ3) is 4.03. The molecule has 3 rings (SSSR count). The maximum Gasteiger partial charge on any atom is 0.233 e. The first-order valence-electron chi connectivity index (χ1n) is 8.88. The molecule has 1 aliphatic rings. The van der Waals surface area contributed by atoms with E-state index in [9.17, 15) is 4.79 Å². The third-order valence-corrected chi connectivity index (χ3v) is 5.82. The second-order valence-corrected chi connectivity index (χ2v) is 7.52. The number of aryl methyl sites for hydroxylation is 2. The SMILES string of the molecule is CCC1CCCCN1C(=O)CSc1nnnn1-c1ccc(C)c(C)c1. The van der Waals surface area contributed by atoms with Gasteiger partial charge in [0.2, 0.25) is 11.1 Å². The Balaban J connectivity index is 1.69. The molecular weight excluding hydrogens is 334 g/mol. The van der Waals surface area contributed by atoms with Crippen LogP contribution in [0.3, 0.4) is 0 Å². The molecule has 0 bridgehead atoms. The number of carbonyl (C=O) groups is 1. The van der Waals surface area contributed by atoms with Crippen molar-refractivity contribution in [1.82, 2.24) is 25.1 Å². The Kier molecular flexibility index (Phi) is 5.73. The summed E-state index contributed by atoms with van der Waals surface area (Å²) in [6, 6.07) is 6.51. The Morgan fingerprint density at radius 1 is 1.28 bits per heavy atom. The van der Waals surface area contributed by atoms with Gasteiger partial charge in [-0.25, -0.2) is 0 Å². The number of hydrogen-bond acceptors (Lipinski definition) is 5. The van der Waals surface area contributed by atoms with Crippen LogP contribution in [0.1, 0.15) is 43.7 Å². The number of hydrogen-bond donors (Lipinski definition) is 0. The highest BCUT2D eigenvalue weighted by atomic mass is 32.2. The van der Waals surface area contributed by atoms with Crippen molar-refractivity contribution in [2.24, 2.45) is 0 Å². The summed E-state index contributed by atoms with van der Waals surface area (Å²) in [4.78, 5) is 14.7. The van der Waals surface area contributed by atoms with Crippen LogP contribution >= 0.6 is 11.8 Å². The largest absolute Gasteiger partial charge is 0.339 e. The fourth-order valence-corrected chi connectivity index (χ4v) is 4.03. The highest BCUT2D eigenvalue weighted by Crippen LogP contribution is 2.23. The Hall–Kier alpha value is -1.89. The van der Waals surface area contributed by atoms with Gasteiger partial charge in [0.05, 0.1) is 11.4 Å². The molecule has 7 heteroatoms. The Morgan fingerprint density at radius 2 is 2.12 bits per heavy atom. The summed E-state index contributed by atoms with van der Waals surface area (Å²) >= 11 is 1.41. The molecule has 6 nitrogen and oxygen atoms in total. The molecule has 2 heterocycles. The number of nitrogens with zero attached hydrogens (tertiary/aromatic N) is 5. The molecule has 1 amide bonds. The van der Waals surface area contributed by atoms with E-state index in [-0.39, 0.29) is 5.91 Å². The van der Waals surface area contributed by atoms with Gasteiger partial charge in [0.1, 0.15) is 0 Å². The van der Waals surface area contributed by atoms with Crippen LogP contribution < -0.4 is 0 Å². The lowest BCUT2D eigenvalue weighted by molar-refractivity contribution is -0.132. The van der Waals surface area contributed by atoms with Crippen molar-refractivity contribution < 1.29 is 4.79 Å². The minimum atomic E-state index is 0.186. The van der Waals surface area contributed by atoms with Crippen LogP contribution in [-0.2, 0) is 4.79 Å². The van der Waals surface area contributed by atoms with E-state index in [0.29, 0.717) is 17.0 Å². The zero-order valence-corrected chi connectivity index (χ0v) is 15.9. The fraction of sp³-hybridized carbons (Fsp3) is 0.556. The number of carbonyl (C=O) groups excluding carboxylic acids is 1. The highest BCUT2D eigenvalue weighted by Gasteiger charge is 2.25. The zero-order valence-electron chi connectivity index (χ0n) is 15.1. The van der Waals surface area contributed by atoms with Crippen LogP contribution in [-0.4, -0.2) is 49.4 Å². The number of tetrazole rings is 1. The fourth-order valence-electron chi connectivity index (χ4n) is 3.25. The van der Waals surface area contributed by atoms with Crippen LogP contribution in [0.2, 0.25) is 0 Å². The smallest absolute Gasteiger partial charge is 0.233 e. The highest BCUT2D eigenvalue weighted by molar-refractivity contribution is 7.99. The average molecular weight is 359 g/mol. The van der Waals surface area contributed by atoms with E-state index in [4.69, 9.17) is 0 Å². The summed E-state index contributed by atoms with van der Waals surface area (Å²) in [5.41, 5.74) is 3.35. The van der Waals surface area contributed by atoms with Gasteiger partial charge in [-0.15, -0.1) is 5.10 Å². The van der Waals surface area contributed by atoms with Crippen LogP contribution in [0.5, 0.6) is 0 Å². The van der Waals surface area contributed by atoms with Gasteiger partial charge in [-0.05, 0) is 73.2 Å². The van der Waals surface area contributed by atoms with Gasteiger partial charge < -0.3 is 4.90 Å². The minimum absolute atomic E-state index is 0.186. The van der Waals surface area contributed by atoms with Gasteiger partial charge in [-0.3, -0.25) is 4.79 Å². The van der Waals surface area contributed by atoms with Crippen LogP contribution in [0.15, 0.2) is 23.4 Å². The number of likely N-dealkylation sites (tertiary alicyclic amines) is 1. The molecule has 134 valence electrons. The number of piperidine rings is 1. The van der Waals surface area contributed by atoms with Crippen molar-refractivity contribution in [2.45, 2.75) is 57.7 Å². The normalized spacial score (nSPS) is 17.7. The van der Waals surface area contributed by atoms with Crippen molar-refractivity contribution in [3.63, 3.8) is 0 Å². The van der Waals surface area contributed by atoms with E-state index in [0.717, 1.165) is 31.5 Å². The number of benzene rings is 1. The quantitative estimate of drug-likeness (QED) is 0.767. The van der Waals surface area contributed by atoms with Gasteiger partial charge >= 0.3 is 0 Å². The molecule has 1 atom stereocenters. The van der Waals surface area contributed by atoms with Crippen molar-refractivity contribution in [1.29, 1.82) is 0 Å². The molecule has 2 aromatic rings. The lowest BCUT2D eigenvalue weighted by atomic mass is 10.0. The molecule has 25 heavy (non-hydrogen) atoms. The predicted molar refractivity (Wildman–Crippen MR) is 99.0 cm³/mol. The molecular formula is C18H25N5OS. The number of thioether (sulfide) groups is 1.